The van der Waals surface area contributed by atoms with Gasteiger partial charge < -0.3 is 10.2 Å². The van der Waals surface area contributed by atoms with Gasteiger partial charge in [-0.25, -0.2) is 8.70 Å². The first-order chi connectivity index (χ1) is 20.0. The van der Waals surface area contributed by atoms with Crippen molar-refractivity contribution < 1.29 is 22.4 Å². The van der Waals surface area contributed by atoms with Gasteiger partial charge in [-0.1, -0.05) is 71.2 Å². The summed E-state index contributed by atoms with van der Waals surface area (Å²) in [7, 11) is -1.42. The molecule has 1 aliphatic carbocycles. The Morgan fingerprint density at radius 1 is 0.929 bits per heavy atom. The van der Waals surface area contributed by atoms with Crippen LogP contribution in [0.15, 0.2) is 83.3 Å². The third-order valence-corrected chi connectivity index (χ3v) is 9.72. The van der Waals surface area contributed by atoms with Crippen LogP contribution in [0, 0.1) is 5.82 Å². The third kappa shape index (κ3) is 8.17. The van der Waals surface area contributed by atoms with Gasteiger partial charge in [-0.3, -0.25) is 9.59 Å². The smallest absolute Gasteiger partial charge is 0.304 e. The number of nitrogens with zero attached hydrogens (tertiary/aromatic N) is 3. The summed E-state index contributed by atoms with van der Waals surface area (Å²) < 4.78 is 43.3. The Hall–Kier alpha value is -3.28. The lowest BCUT2D eigenvalue weighted by Crippen LogP contribution is -2.55. The molecule has 1 saturated carbocycles. The Morgan fingerprint density at radius 3 is 2.14 bits per heavy atom. The lowest BCUT2D eigenvalue weighted by atomic mass is 10.0. The summed E-state index contributed by atoms with van der Waals surface area (Å²) in [4.78, 5) is 29.6. The fourth-order valence-electron chi connectivity index (χ4n) is 5.03. The average molecular weight is 660 g/mol. The molecule has 42 heavy (non-hydrogen) atoms. The van der Waals surface area contributed by atoms with Crippen molar-refractivity contribution >= 4 is 43.6 Å². The predicted octanol–water partition coefficient (Wildman–Crippen LogP) is 4.90. The van der Waals surface area contributed by atoms with Gasteiger partial charge >= 0.3 is 10.2 Å². The molecule has 1 fully saturated rings. The van der Waals surface area contributed by atoms with E-state index >= 15 is 0 Å². The maximum Gasteiger partial charge on any atom is 0.304 e. The lowest BCUT2D eigenvalue weighted by molar-refractivity contribution is -0.140. The Bertz CT molecular complexity index is 1450. The van der Waals surface area contributed by atoms with Gasteiger partial charge in [-0.15, -0.1) is 0 Å². The predicted molar refractivity (Wildman–Crippen MR) is 165 cm³/mol. The third-order valence-electron chi connectivity index (χ3n) is 7.37. The first-order valence-corrected chi connectivity index (χ1v) is 16.1. The van der Waals surface area contributed by atoms with Crippen LogP contribution >= 0.6 is 15.9 Å². The van der Waals surface area contributed by atoms with Crippen LogP contribution in [0.4, 0.5) is 10.1 Å². The molecule has 3 aromatic carbocycles. The maximum atomic E-state index is 14.2. The highest BCUT2D eigenvalue weighted by atomic mass is 79.9. The summed E-state index contributed by atoms with van der Waals surface area (Å²) in [6.07, 6.45) is 4.07. The summed E-state index contributed by atoms with van der Waals surface area (Å²) in [5, 5.41) is 3.15. The highest BCUT2D eigenvalue weighted by Gasteiger charge is 2.35. The van der Waals surface area contributed by atoms with Gasteiger partial charge in [0, 0.05) is 37.6 Å². The normalized spacial score (nSPS) is 14.5. The molecule has 0 spiro atoms. The average Bonchev–Trinajstić information content (AvgIpc) is 3.48. The standard InChI is InChI=1S/C31H36BrFN4O4S/c1-35(2)42(40,41)37(28-18-16-26(33)17-19-28)22-30(38)36(21-24-12-14-25(32)15-13-24)29(20-23-8-4-3-5-9-23)31(39)34-27-10-6-7-11-27/h3-5,8-9,12-19,27,29H,6-7,10-11,20-22H2,1-2H3,(H,34,39)/t29-/m0/s1. The van der Waals surface area contributed by atoms with Gasteiger partial charge in [-0.2, -0.15) is 12.7 Å². The van der Waals surface area contributed by atoms with Crippen LogP contribution in [0.2, 0.25) is 0 Å². The highest BCUT2D eigenvalue weighted by Crippen LogP contribution is 2.24. The zero-order chi connectivity index (χ0) is 30.3. The van der Waals surface area contributed by atoms with Crippen molar-refractivity contribution in [3.8, 4) is 0 Å². The van der Waals surface area contributed by atoms with Crippen molar-refractivity contribution in [3.05, 3.63) is 100 Å². The minimum Gasteiger partial charge on any atom is -0.352 e. The van der Waals surface area contributed by atoms with Crippen LogP contribution in [0.5, 0.6) is 0 Å². The molecule has 0 aliphatic heterocycles. The molecule has 0 unspecified atom stereocenters. The number of hydrogen-bond acceptors (Lipinski definition) is 4. The second-order valence-corrected chi connectivity index (χ2v) is 13.6. The molecule has 0 radical (unpaired) electrons. The monoisotopic (exact) mass is 658 g/mol. The molecule has 8 nitrogen and oxygen atoms in total. The van der Waals surface area contributed by atoms with Gasteiger partial charge in [0.25, 0.3) is 0 Å². The van der Waals surface area contributed by atoms with E-state index in [0.717, 1.165) is 62.0 Å². The molecule has 4 rings (SSSR count). The Labute approximate surface area is 255 Å². The van der Waals surface area contributed by atoms with Crippen LogP contribution < -0.4 is 9.62 Å². The van der Waals surface area contributed by atoms with E-state index in [4.69, 9.17) is 0 Å². The van der Waals surface area contributed by atoms with Gasteiger partial charge in [0.15, 0.2) is 0 Å². The summed E-state index contributed by atoms with van der Waals surface area (Å²) in [6, 6.07) is 20.9. The van der Waals surface area contributed by atoms with E-state index in [1.165, 1.54) is 31.1 Å². The highest BCUT2D eigenvalue weighted by molar-refractivity contribution is 9.10. The fourth-order valence-corrected chi connectivity index (χ4v) is 6.35. The molecule has 3 aromatic rings. The summed E-state index contributed by atoms with van der Waals surface area (Å²) in [5.74, 6) is -1.37. The van der Waals surface area contributed by atoms with E-state index in [0.29, 0.717) is 0 Å². The Balaban J connectivity index is 1.74. The number of halogens is 2. The fraction of sp³-hybridized carbons (Fsp3) is 0.355. The van der Waals surface area contributed by atoms with E-state index in [1.54, 1.807) is 0 Å². The summed E-state index contributed by atoms with van der Waals surface area (Å²) in [6.45, 7) is -0.494. The van der Waals surface area contributed by atoms with Gasteiger partial charge in [0.2, 0.25) is 11.8 Å². The van der Waals surface area contributed by atoms with Crippen molar-refractivity contribution in [1.82, 2.24) is 14.5 Å². The number of anilines is 1. The summed E-state index contributed by atoms with van der Waals surface area (Å²) in [5.41, 5.74) is 1.79. The van der Waals surface area contributed by atoms with Crippen LogP contribution in [0.25, 0.3) is 0 Å². The quantitative estimate of drug-likeness (QED) is 0.300. The number of rotatable bonds is 12. The number of carbonyl (C=O) groups is 2. The summed E-state index contributed by atoms with van der Waals surface area (Å²) >= 11 is 3.44. The molecule has 11 heteroatoms. The molecule has 0 heterocycles. The van der Waals surface area contributed by atoms with Crippen molar-refractivity contribution in [2.24, 2.45) is 0 Å². The Morgan fingerprint density at radius 2 is 1.55 bits per heavy atom. The van der Waals surface area contributed by atoms with Crippen molar-refractivity contribution in [1.29, 1.82) is 0 Å². The number of carbonyl (C=O) groups excluding carboxylic acids is 2. The molecule has 0 bridgehead atoms. The molecule has 2 amide bonds. The number of nitrogens with one attached hydrogen (secondary N) is 1. The maximum absolute atomic E-state index is 14.2. The topological polar surface area (TPSA) is 90.0 Å². The van der Waals surface area contributed by atoms with Crippen LogP contribution in [-0.2, 0) is 32.8 Å². The molecular formula is C31H36BrFN4O4S. The second-order valence-electron chi connectivity index (χ2n) is 10.6. The number of hydrogen-bond donors (Lipinski definition) is 1. The molecule has 1 N–H and O–H groups in total. The van der Waals surface area contributed by atoms with Gasteiger partial charge in [0.05, 0.1) is 5.69 Å². The minimum absolute atomic E-state index is 0.0326. The van der Waals surface area contributed by atoms with E-state index in [-0.39, 0.29) is 30.6 Å². The van der Waals surface area contributed by atoms with Gasteiger partial charge in [0.1, 0.15) is 18.4 Å². The SMILES string of the molecule is CN(C)S(=O)(=O)N(CC(=O)N(Cc1ccc(Br)cc1)[C@@H](Cc1ccccc1)C(=O)NC1CCCC1)c1ccc(F)cc1. The Kier molecular flexibility index (Phi) is 10.7. The van der Waals surface area contributed by atoms with Crippen molar-refractivity contribution in [2.45, 2.75) is 50.7 Å². The largest absolute Gasteiger partial charge is 0.352 e. The van der Waals surface area contributed by atoms with Gasteiger partial charge in [-0.05, 0) is 60.4 Å². The van der Waals surface area contributed by atoms with E-state index in [2.05, 4.69) is 21.2 Å². The first-order valence-electron chi connectivity index (χ1n) is 13.9. The number of benzene rings is 3. The molecule has 1 aliphatic rings. The second kappa shape index (κ2) is 14.3. The minimum atomic E-state index is -4.15. The zero-order valence-electron chi connectivity index (χ0n) is 23.7. The molecule has 224 valence electrons. The van der Waals surface area contributed by atoms with Crippen LogP contribution in [0.3, 0.4) is 0 Å². The molecule has 1 atom stereocenters. The molecule has 0 saturated heterocycles. The van der Waals surface area contributed by atoms with Crippen LogP contribution in [0.1, 0.15) is 36.8 Å². The first kappa shape index (κ1) is 31.7. The van der Waals surface area contributed by atoms with Crippen molar-refractivity contribution in [2.75, 3.05) is 24.9 Å². The molecule has 0 aromatic heterocycles. The number of amides is 2. The van der Waals surface area contributed by atoms with E-state index in [1.807, 2.05) is 54.6 Å². The van der Waals surface area contributed by atoms with E-state index in [9.17, 15) is 22.4 Å². The molecular weight excluding hydrogens is 623 g/mol. The van der Waals surface area contributed by atoms with Crippen molar-refractivity contribution in [3.63, 3.8) is 0 Å². The lowest BCUT2D eigenvalue weighted by Gasteiger charge is -2.35. The van der Waals surface area contributed by atoms with Crippen LogP contribution in [-0.4, -0.2) is 62.2 Å². The van der Waals surface area contributed by atoms with E-state index < -0.39 is 34.5 Å². The zero-order valence-corrected chi connectivity index (χ0v) is 26.2.